The quantitative estimate of drug-likeness (QED) is 0.826. The molecule has 3 rings (SSSR count). The maximum atomic E-state index is 11.0. The highest BCUT2D eigenvalue weighted by Crippen LogP contribution is 2.32. The summed E-state index contributed by atoms with van der Waals surface area (Å²) >= 11 is 1.60. The topological polar surface area (TPSA) is 73.1 Å². The van der Waals surface area contributed by atoms with Gasteiger partial charge in [-0.25, -0.2) is 0 Å². The molecule has 1 heterocycles. The lowest BCUT2D eigenvalue weighted by Crippen LogP contribution is -2.33. The van der Waals surface area contributed by atoms with Crippen LogP contribution in [0.25, 0.3) is 0 Å². The van der Waals surface area contributed by atoms with E-state index >= 15 is 0 Å². The minimum absolute atomic E-state index is 0.00614. The number of nitrogens with one attached hydrogen (secondary N) is 1. The van der Waals surface area contributed by atoms with Crippen LogP contribution in [-0.4, -0.2) is 22.9 Å². The van der Waals surface area contributed by atoms with Crippen molar-refractivity contribution in [3.8, 4) is 17.9 Å². The first-order valence-corrected chi connectivity index (χ1v) is 8.43. The van der Waals surface area contributed by atoms with E-state index in [-0.39, 0.29) is 5.37 Å². The van der Waals surface area contributed by atoms with Gasteiger partial charge in [0, 0.05) is 16.9 Å². The molecule has 2 aromatic carbocycles. The molecular formula is C19H14N2O2S. The van der Waals surface area contributed by atoms with Crippen LogP contribution in [-0.2, 0) is 4.79 Å². The molecule has 0 saturated carbocycles. The number of benzene rings is 2. The zero-order valence-corrected chi connectivity index (χ0v) is 13.5. The number of nitriles is 1. The Balaban J connectivity index is 1.68. The number of carboxylic acids is 1. The minimum atomic E-state index is -0.810. The van der Waals surface area contributed by atoms with Crippen molar-refractivity contribution in [2.75, 3.05) is 5.75 Å². The second kappa shape index (κ2) is 7.23. The SMILES string of the molecule is N#Cc1ccc(C#Cc2ccc(C3N[C@H](C(=O)O)CS3)cc2)cc1. The molecule has 1 saturated heterocycles. The van der Waals surface area contributed by atoms with Crippen LogP contribution < -0.4 is 5.32 Å². The van der Waals surface area contributed by atoms with Crippen molar-refractivity contribution in [2.24, 2.45) is 0 Å². The molecule has 2 N–H and O–H groups in total. The number of carboxylic acid groups (broad SMARTS) is 1. The number of aliphatic carboxylic acids is 1. The van der Waals surface area contributed by atoms with E-state index in [1.54, 1.807) is 23.9 Å². The van der Waals surface area contributed by atoms with Gasteiger partial charge in [-0.2, -0.15) is 5.26 Å². The Morgan fingerprint density at radius 1 is 1.04 bits per heavy atom. The second-order valence-electron chi connectivity index (χ2n) is 5.33. The smallest absolute Gasteiger partial charge is 0.321 e. The van der Waals surface area contributed by atoms with Gasteiger partial charge in [-0.05, 0) is 42.0 Å². The molecular weight excluding hydrogens is 320 g/mol. The Hall–Kier alpha value is -2.73. The van der Waals surface area contributed by atoms with E-state index in [9.17, 15) is 4.79 Å². The molecule has 0 amide bonds. The summed E-state index contributed by atoms with van der Waals surface area (Å²) in [4.78, 5) is 11.0. The standard InChI is InChI=1S/C19H14N2O2S/c20-11-15-5-3-13(4-6-15)1-2-14-7-9-16(10-8-14)18-21-17(12-24-18)19(22)23/h3-10,17-18,21H,12H2,(H,22,23)/t17-,18?/m0/s1. The Morgan fingerprint density at radius 2 is 1.58 bits per heavy atom. The maximum absolute atomic E-state index is 11.0. The lowest BCUT2D eigenvalue weighted by molar-refractivity contribution is -0.138. The second-order valence-corrected chi connectivity index (χ2v) is 6.47. The molecule has 1 aliphatic heterocycles. The summed E-state index contributed by atoms with van der Waals surface area (Å²) in [6.07, 6.45) is 0. The molecule has 1 aliphatic rings. The van der Waals surface area contributed by atoms with Gasteiger partial charge in [-0.1, -0.05) is 24.0 Å². The highest BCUT2D eigenvalue weighted by molar-refractivity contribution is 7.99. The highest BCUT2D eigenvalue weighted by Gasteiger charge is 2.30. The molecule has 118 valence electrons. The van der Waals surface area contributed by atoms with Crippen LogP contribution >= 0.6 is 11.8 Å². The Morgan fingerprint density at radius 3 is 2.08 bits per heavy atom. The number of carbonyl (C=O) groups is 1. The lowest BCUT2D eigenvalue weighted by atomic mass is 10.1. The summed E-state index contributed by atoms with van der Waals surface area (Å²) in [7, 11) is 0. The summed E-state index contributed by atoms with van der Waals surface area (Å²) in [6, 6.07) is 16.5. The highest BCUT2D eigenvalue weighted by atomic mass is 32.2. The number of rotatable bonds is 2. The summed E-state index contributed by atoms with van der Waals surface area (Å²) in [6.45, 7) is 0. The lowest BCUT2D eigenvalue weighted by Gasteiger charge is -2.11. The van der Waals surface area contributed by atoms with Crippen LogP contribution in [0.4, 0.5) is 0 Å². The average molecular weight is 334 g/mol. The number of thioether (sulfide) groups is 1. The zero-order chi connectivity index (χ0) is 16.9. The van der Waals surface area contributed by atoms with Crippen molar-refractivity contribution >= 4 is 17.7 Å². The third-order valence-corrected chi connectivity index (χ3v) is 4.93. The van der Waals surface area contributed by atoms with Crippen LogP contribution in [0.1, 0.15) is 27.6 Å². The van der Waals surface area contributed by atoms with Gasteiger partial charge < -0.3 is 5.11 Å². The van der Waals surface area contributed by atoms with E-state index in [1.165, 1.54) is 0 Å². The van der Waals surface area contributed by atoms with Crippen molar-refractivity contribution in [3.05, 3.63) is 70.8 Å². The number of nitrogens with zero attached hydrogens (tertiary/aromatic N) is 1. The van der Waals surface area contributed by atoms with Crippen LogP contribution in [0, 0.1) is 23.2 Å². The molecule has 1 unspecified atom stereocenters. The van der Waals surface area contributed by atoms with Gasteiger partial charge in [0.2, 0.25) is 0 Å². The van der Waals surface area contributed by atoms with Crippen molar-refractivity contribution in [3.63, 3.8) is 0 Å². The molecule has 0 spiro atoms. The first-order valence-electron chi connectivity index (χ1n) is 7.38. The van der Waals surface area contributed by atoms with E-state index in [0.29, 0.717) is 11.3 Å². The molecule has 5 heteroatoms. The van der Waals surface area contributed by atoms with Gasteiger partial charge in [-0.15, -0.1) is 11.8 Å². The first kappa shape index (κ1) is 16.1. The molecule has 2 aromatic rings. The fourth-order valence-corrected chi connectivity index (χ4v) is 3.55. The Labute approximate surface area is 144 Å². The van der Waals surface area contributed by atoms with Gasteiger partial charge in [-0.3, -0.25) is 10.1 Å². The third-order valence-electron chi connectivity index (χ3n) is 3.66. The largest absolute Gasteiger partial charge is 0.480 e. The fraction of sp³-hybridized carbons (Fsp3) is 0.158. The number of hydrogen-bond acceptors (Lipinski definition) is 4. The van der Waals surface area contributed by atoms with Crippen molar-refractivity contribution in [1.29, 1.82) is 5.26 Å². The van der Waals surface area contributed by atoms with Crippen LogP contribution in [0.5, 0.6) is 0 Å². The van der Waals surface area contributed by atoms with Gasteiger partial charge in [0.1, 0.15) is 6.04 Å². The maximum Gasteiger partial charge on any atom is 0.321 e. The first-order chi connectivity index (χ1) is 11.7. The summed E-state index contributed by atoms with van der Waals surface area (Å²) in [5, 5.41) is 20.9. The Bertz CT molecular complexity index is 842. The van der Waals surface area contributed by atoms with Crippen molar-refractivity contribution in [1.82, 2.24) is 5.32 Å². The normalized spacial score (nSPS) is 19.1. The van der Waals surface area contributed by atoms with E-state index in [0.717, 1.165) is 16.7 Å². The van der Waals surface area contributed by atoms with Gasteiger partial charge >= 0.3 is 5.97 Å². The van der Waals surface area contributed by atoms with Crippen LogP contribution in [0.3, 0.4) is 0 Å². The predicted octanol–water partition coefficient (Wildman–Crippen LogP) is 2.75. The molecule has 24 heavy (non-hydrogen) atoms. The zero-order valence-electron chi connectivity index (χ0n) is 12.7. The average Bonchev–Trinajstić information content (AvgIpc) is 3.11. The fourth-order valence-electron chi connectivity index (χ4n) is 2.32. The summed E-state index contributed by atoms with van der Waals surface area (Å²) in [5.41, 5.74) is 3.41. The van der Waals surface area contributed by atoms with Gasteiger partial charge in [0.05, 0.1) is 17.0 Å². The van der Waals surface area contributed by atoms with Crippen molar-refractivity contribution < 1.29 is 9.90 Å². The number of hydrogen-bond donors (Lipinski definition) is 2. The van der Waals surface area contributed by atoms with Crippen LogP contribution in [0.15, 0.2) is 48.5 Å². The monoisotopic (exact) mass is 334 g/mol. The Kier molecular flexibility index (Phi) is 4.86. The molecule has 0 aliphatic carbocycles. The molecule has 0 aromatic heterocycles. The molecule has 2 atom stereocenters. The molecule has 0 bridgehead atoms. The molecule has 4 nitrogen and oxygen atoms in total. The van der Waals surface area contributed by atoms with E-state index < -0.39 is 12.0 Å². The van der Waals surface area contributed by atoms with Crippen LogP contribution in [0.2, 0.25) is 0 Å². The third kappa shape index (κ3) is 3.78. The molecule has 1 fully saturated rings. The predicted molar refractivity (Wildman–Crippen MR) is 93.3 cm³/mol. The minimum Gasteiger partial charge on any atom is -0.480 e. The van der Waals surface area contributed by atoms with E-state index in [4.69, 9.17) is 10.4 Å². The summed E-state index contributed by atoms with van der Waals surface area (Å²) < 4.78 is 0. The molecule has 0 radical (unpaired) electrons. The van der Waals surface area contributed by atoms with E-state index in [1.807, 2.05) is 36.4 Å². The van der Waals surface area contributed by atoms with Crippen molar-refractivity contribution in [2.45, 2.75) is 11.4 Å². The van der Waals surface area contributed by atoms with Gasteiger partial charge in [0.15, 0.2) is 0 Å². The van der Waals surface area contributed by atoms with Gasteiger partial charge in [0.25, 0.3) is 0 Å². The summed E-state index contributed by atoms with van der Waals surface area (Å²) in [5.74, 6) is 5.91. The van der Waals surface area contributed by atoms with E-state index in [2.05, 4.69) is 23.2 Å².